The van der Waals surface area contributed by atoms with Crippen molar-refractivity contribution < 1.29 is 33.4 Å². The van der Waals surface area contributed by atoms with Crippen LogP contribution < -0.4 is 5.32 Å². The summed E-state index contributed by atoms with van der Waals surface area (Å²) in [7, 11) is 2.42. The summed E-state index contributed by atoms with van der Waals surface area (Å²) >= 11 is 0.886. The van der Waals surface area contributed by atoms with Crippen LogP contribution in [0.5, 0.6) is 0 Å². The molecule has 0 saturated carbocycles. The Labute approximate surface area is 211 Å². The number of nitrogens with one attached hydrogen (secondary N) is 1. The molecule has 3 aromatic rings. The largest absolute Gasteiger partial charge is 0.465 e. The minimum Gasteiger partial charge on any atom is -0.465 e. The highest BCUT2D eigenvalue weighted by molar-refractivity contribution is 7.18. The van der Waals surface area contributed by atoms with Crippen LogP contribution in [0.2, 0.25) is 0 Å². The van der Waals surface area contributed by atoms with E-state index in [1.807, 2.05) is 24.3 Å². The molecule has 36 heavy (non-hydrogen) atoms. The highest BCUT2D eigenvalue weighted by atomic mass is 32.1. The van der Waals surface area contributed by atoms with Gasteiger partial charge in [0.25, 0.3) is 5.91 Å². The molecule has 1 aromatic carbocycles. The van der Waals surface area contributed by atoms with Crippen LogP contribution in [0.25, 0.3) is 10.9 Å². The maximum Gasteiger partial charge on any atom is 0.348 e. The van der Waals surface area contributed by atoms with E-state index in [9.17, 15) is 19.2 Å². The number of para-hydroxylation sites is 1. The Balaban J connectivity index is 1.57. The van der Waals surface area contributed by atoms with Crippen molar-refractivity contribution in [3.63, 3.8) is 0 Å². The lowest BCUT2D eigenvalue weighted by molar-refractivity contribution is -0.119. The molecule has 2 aromatic heterocycles. The number of carbonyl (C=O) groups excluding carboxylic acids is 4. The monoisotopic (exact) mass is 510 g/mol. The van der Waals surface area contributed by atoms with Crippen molar-refractivity contribution >= 4 is 51.1 Å². The number of aryl methyl sites for hydroxylation is 1. The number of amides is 1. The summed E-state index contributed by atoms with van der Waals surface area (Å²) in [5.74, 6) is -2.22. The highest BCUT2D eigenvalue weighted by Crippen LogP contribution is 2.35. The lowest BCUT2D eigenvalue weighted by atomic mass is 9.84. The van der Waals surface area contributed by atoms with Crippen LogP contribution in [-0.2, 0) is 31.8 Å². The number of pyridine rings is 1. The summed E-state index contributed by atoms with van der Waals surface area (Å²) in [6.07, 6.45) is 2.47. The molecule has 1 N–H and O–H groups in total. The molecule has 4 rings (SSSR count). The fourth-order valence-electron chi connectivity index (χ4n) is 4.40. The summed E-state index contributed by atoms with van der Waals surface area (Å²) in [5.41, 5.74) is 3.26. The van der Waals surface area contributed by atoms with E-state index in [1.54, 1.807) is 6.92 Å². The lowest BCUT2D eigenvalue weighted by Crippen LogP contribution is -2.24. The first-order chi connectivity index (χ1) is 17.2. The van der Waals surface area contributed by atoms with E-state index in [1.165, 1.54) is 14.2 Å². The number of esters is 3. The quantitative estimate of drug-likeness (QED) is 0.389. The van der Waals surface area contributed by atoms with Crippen LogP contribution in [0.4, 0.5) is 5.00 Å². The molecule has 0 aliphatic heterocycles. The first kappa shape index (κ1) is 25.3. The fourth-order valence-corrected chi connectivity index (χ4v) is 5.53. The maximum absolute atomic E-state index is 13.2. The number of carbonyl (C=O) groups is 4. The van der Waals surface area contributed by atoms with E-state index in [0.29, 0.717) is 34.4 Å². The van der Waals surface area contributed by atoms with Crippen LogP contribution in [0, 0.1) is 12.8 Å². The smallest absolute Gasteiger partial charge is 0.348 e. The molecule has 2 heterocycles. The second-order valence-corrected chi connectivity index (χ2v) is 9.67. The Hall–Kier alpha value is -3.79. The molecular weight excluding hydrogens is 484 g/mol. The zero-order valence-corrected chi connectivity index (χ0v) is 21.2. The van der Waals surface area contributed by atoms with Gasteiger partial charge in [0, 0.05) is 11.1 Å². The van der Waals surface area contributed by atoms with E-state index < -0.39 is 30.4 Å². The van der Waals surface area contributed by atoms with Gasteiger partial charge in [-0.25, -0.2) is 14.4 Å². The summed E-state index contributed by atoms with van der Waals surface area (Å²) in [6, 6.07) is 7.37. The molecule has 1 aliphatic rings. The highest BCUT2D eigenvalue weighted by Gasteiger charge is 2.28. The topological polar surface area (TPSA) is 121 Å². The number of anilines is 1. The Bertz CT molecular complexity index is 1380. The summed E-state index contributed by atoms with van der Waals surface area (Å²) < 4.78 is 15.0. The molecule has 0 spiro atoms. The number of thiophene rings is 1. The molecule has 1 unspecified atom stereocenters. The van der Waals surface area contributed by atoms with Gasteiger partial charge in [0.2, 0.25) is 0 Å². The number of ether oxygens (including phenoxy) is 3. The van der Waals surface area contributed by atoms with Crippen molar-refractivity contribution in [3.8, 4) is 0 Å². The number of methoxy groups -OCH3 is 2. The van der Waals surface area contributed by atoms with Gasteiger partial charge < -0.3 is 19.5 Å². The maximum atomic E-state index is 13.2. The van der Waals surface area contributed by atoms with Crippen molar-refractivity contribution in [1.29, 1.82) is 0 Å². The van der Waals surface area contributed by atoms with Gasteiger partial charge in [-0.15, -0.1) is 11.3 Å². The van der Waals surface area contributed by atoms with Gasteiger partial charge in [-0.1, -0.05) is 25.1 Å². The van der Waals surface area contributed by atoms with Gasteiger partial charge in [-0.2, -0.15) is 0 Å². The standard InChI is InChI=1S/C26H26N2O7S/c1-13-9-10-18-16(11-13)21(15-7-5-6-8-17(15)27-18)25(31)35-12-19(29)28-23-20(24(30)33-3)14(2)22(36-23)26(32)34-4/h5-8,13H,9-12H2,1-4H3,(H,28,29). The second kappa shape index (κ2) is 10.4. The number of hydrogen-bond acceptors (Lipinski definition) is 9. The van der Waals surface area contributed by atoms with E-state index in [0.717, 1.165) is 35.4 Å². The van der Waals surface area contributed by atoms with E-state index in [4.69, 9.17) is 19.2 Å². The molecular formula is C26H26N2O7S. The Kier molecular flexibility index (Phi) is 7.35. The third-order valence-electron chi connectivity index (χ3n) is 6.20. The first-order valence-corrected chi connectivity index (χ1v) is 12.2. The Morgan fingerprint density at radius 1 is 1.06 bits per heavy atom. The molecule has 0 radical (unpaired) electrons. The predicted molar refractivity (Wildman–Crippen MR) is 134 cm³/mol. The summed E-state index contributed by atoms with van der Waals surface area (Å²) in [5, 5.41) is 3.35. The minimum atomic E-state index is -0.713. The van der Waals surface area contributed by atoms with Crippen LogP contribution in [0.3, 0.4) is 0 Å². The zero-order chi connectivity index (χ0) is 26.0. The molecule has 188 valence electrons. The number of benzene rings is 1. The van der Waals surface area contributed by atoms with Crippen LogP contribution in [0.15, 0.2) is 24.3 Å². The summed E-state index contributed by atoms with van der Waals surface area (Å²) in [4.78, 5) is 55.2. The van der Waals surface area contributed by atoms with Crippen molar-refractivity contribution in [1.82, 2.24) is 4.98 Å². The number of hydrogen-bond donors (Lipinski definition) is 1. The zero-order valence-electron chi connectivity index (χ0n) is 20.4. The predicted octanol–water partition coefficient (Wildman–Crippen LogP) is 4.10. The molecule has 1 atom stereocenters. The van der Waals surface area contributed by atoms with Crippen LogP contribution >= 0.6 is 11.3 Å². The van der Waals surface area contributed by atoms with Crippen molar-refractivity contribution in [2.45, 2.75) is 33.1 Å². The van der Waals surface area contributed by atoms with E-state index >= 15 is 0 Å². The van der Waals surface area contributed by atoms with Gasteiger partial charge in [-0.3, -0.25) is 9.78 Å². The fraction of sp³-hybridized carbons (Fsp3) is 0.346. The normalized spacial score (nSPS) is 14.6. The second-order valence-electron chi connectivity index (χ2n) is 8.64. The van der Waals surface area contributed by atoms with Gasteiger partial charge >= 0.3 is 17.9 Å². The third-order valence-corrected chi connectivity index (χ3v) is 7.39. The lowest BCUT2D eigenvalue weighted by Gasteiger charge is -2.24. The van der Waals surface area contributed by atoms with Crippen LogP contribution in [-0.4, -0.2) is 49.6 Å². The van der Waals surface area contributed by atoms with Crippen molar-refractivity contribution in [2.75, 3.05) is 26.1 Å². The van der Waals surface area contributed by atoms with Crippen LogP contribution in [0.1, 0.15) is 60.6 Å². The van der Waals surface area contributed by atoms with Gasteiger partial charge in [0.05, 0.1) is 30.9 Å². The van der Waals surface area contributed by atoms with Crippen molar-refractivity contribution in [2.24, 2.45) is 5.92 Å². The van der Waals surface area contributed by atoms with Gasteiger partial charge in [0.1, 0.15) is 9.88 Å². The average molecular weight is 511 g/mol. The SMILES string of the molecule is COC(=O)c1sc(NC(=O)COC(=O)c2c3c(nc4ccccc24)CCC(C)C3)c(C(=O)OC)c1C. The summed E-state index contributed by atoms with van der Waals surface area (Å²) in [6.45, 7) is 3.11. The molecule has 0 fully saturated rings. The first-order valence-electron chi connectivity index (χ1n) is 11.4. The van der Waals surface area contributed by atoms with Crippen molar-refractivity contribution in [3.05, 3.63) is 57.1 Å². The number of nitrogens with zero attached hydrogens (tertiary/aromatic N) is 1. The number of rotatable bonds is 6. The molecule has 9 nitrogen and oxygen atoms in total. The molecule has 0 saturated heterocycles. The number of aromatic nitrogens is 1. The Morgan fingerprint density at radius 2 is 1.78 bits per heavy atom. The molecule has 1 amide bonds. The average Bonchev–Trinajstić information content (AvgIpc) is 3.20. The number of fused-ring (bicyclic) bond motifs is 2. The molecule has 10 heteroatoms. The third kappa shape index (κ3) is 4.81. The van der Waals surface area contributed by atoms with E-state index in [-0.39, 0.29) is 15.4 Å². The minimum absolute atomic E-state index is 0.0470. The Morgan fingerprint density at radius 3 is 2.50 bits per heavy atom. The van der Waals surface area contributed by atoms with E-state index in [2.05, 4.69) is 12.2 Å². The van der Waals surface area contributed by atoms with Gasteiger partial charge in [-0.05, 0) is 49.3 Å². The molecule has 1 aliphatic carbocycles. The van der Waals surface area contributed by atoms with Gasteiger partial charge in [0.15, 0.2) is 6.61 Å². The molecule has 0 bridgehead atoms.